The van der Waals surface area contributed by atoms with E-state index < -0.39 is 0 Å². The van der Waals surface area contributed by atoms with E-state index in [4.69, 9.17) is 0 Å². The second-order valence-electron chi connectivity index (χ2n) is 2.89. The molecule has 0 radical (unpaired) electrons. The summed E-state index contributed by atoms with van der Waals surface area (Å²) >= 11 is 1.04. The standard InChI is InChI=1S/C8H13NO2S/c1-7(10)12-9-6-4-2-3-5-8(9)11/h2-6H2,1H3. The molecule has 1 saturated heterocycles. The number of carbonyl (C=O) groups is 2. The van der Waals surface area contributed by atoms with Crippen molar-refractivity contribution in [3.05, 3.63) is 0 Å². The van der Waals surface area contributed by atoms with E-state index in [0.29, 0.717) is 6.42 Å². The topological polar surface area (TPSA) is 37.4 Å². The molecule has 1 amide bonds. The quantitative estimate of drug-likeness (QED) is 0.585. The van der Waals surface area contributed by atoms with Gasteiger partial charge in [0, 0.05) is 31.8 Å². The van der Waals surface area contributed by atoms with Gasteiger partial charge in [-0.1, -0.05) is 6.42 Å². The Hall–Kier alpha value is -0.510. The smallest absolute Gasteiger partial charge is 0.232 e. The first-order chi connectivity index (χ1) is 5.70. The highest BCUT2D eigenvalue weighted by atomic mass is 32.2. The fourth-order valence-corrected chi connectivity index (χ4v) is 1.93. The summed E-state index contributed by atoms with van der Waals surface area (Å²) in [6, 6.07) is 0. The van der Waals surface area contributed by atoms with Crippen molar-refractivity contribution in [3.63, 3.8) is 0 Å². The first-order valence-electron chi connectivity index (χ1n) is 4.19. The molecule has 0 aromatic rings. The lowest BCUT2D eigenvalue weighted by Gasteiger charge is -2.16. The summed E-state index contributed by atoms with van der Waals surface area (Å²) in [6.07, 6.45) is 3.68. The Balaban J connectivity index is 2.47. The maximum absolute atomic E-state index is 11.3. The lowest BCUT2D eigenvalue weighted by Crippen LogP contribution is -2.24. The molecule has 4 heteroatoms. The van der Waals surface area contributed by atoms with Gasteiger partial charge in [-0.25, -0.2) is 0 Å². The lowest BCUT2D eigenvalue weighted by atomic mass is 10.2. The Morgan fingerprint density at radius 1 is 1.42 bits per heavy atom. The van der Waals surface area contributed by atoms with E-state index in [-0.39, 0.29) is 11.0 Å². The highest BCUT2D eigenvalue weighted by molar-refractivity contribution is 8.11. The van der Waals surface area contributed by atoms with Gasteiger partial charge in [0.25, 0.3) is 0 Å². The van der Waals surface area contributed by atoms with Crippen LogP contribution in [-0.2, 0) is 9.59 Å². The third-order valence-electron chi connectivity index (χ3n) is 1.77. The van der Waals surface area contributed by atoms with Gasteiger partial charge in [-0.2, -0.15) is 0 Å². The van der Waals surface area contributed by atoms with Crippen molar-refractivity contribution < 1.29 is 9.59 Å². The molecule has 1 fully saturated rings. The maximum Gasteiger partial charge on any atom is 0.232 e. The third kappa shape index (κ3) is 2.85. The van der Waals surface area contributed by atoms with Crippen molar-refractivity contribution in [3.8, 4) is 0 Å². The van der Waals surface area contributed by atoms with Crippen molar-refractivity contribution >= 4 is 23.0 Å². The van der Waals surface area contributed by atoms with Gasteiger partial charge in [-0.15, -0.1) is 0 Å². The highest BCUT2D eigenvalue weighted by Crippen LogP contribution is 2.19. The Morgan fingerprint density at radius 2 is 2.17 bits per heavy atom. The fraction of sp³-hybridized carbons (Fsp3) is 0.750. The van der Waals surface area contributed by atoms with Crippen LogP contribution in [0, 0.1) is 0 Å². The minimum atomic E-state index is -0.00903. The molecule has 3 nitrogen and oxygen atoms in total. The number of nitrogens with zero attached hydrogens (tertiary/aromatic N) is 1. The minimum Gasteiger partial charge on any atom is -0.286 e. The summed E-state index contributed by atoms with van der Waals surface area (Å²) in [4.78, 5) is 22.0. The SMILES string of the molecule is CC(=O)SN1CCCCCC1=O. The van der Waals surface area contributed by atoms with Crippen LogP contribution < -0.4 is 0 Å². The molecule has 0 spiro atoms. The summed E-state index contributed by atoms with van der Waals surface area (Å²) in [7, 11) is 0. The van der Waals surface area contributed by atoms with E-state index in [0.717, 1.165) is 37.8 Å². The molecule has 1 aliphatic rings. The van der Waals surface area contributed by atoms with E-state index in [1.54, 1.807) is 4.31 Å². The van der Waals surface area contributed by atoms with Gasteiger partial charge in [0.2, 0.25) is 11.0 Å². The lowest BCUT2D eigenvalue weighted by molar-refractivity contribution is -0.126. The Bertz CT molecular complexity index is 193. The molecule has 0 N–H and O–H groups in total. The van der Waals surface area contributed by atoms with Crippen molar-refractivity contribution in [1.29, 1.82) is 0 Å². The zero-order valence-corrected chi connectivity index (χ0v) is 8.02. The van der Waals surface area contributed by atoms with Crippen LogP contribution >= 0.6 is 11.9 Å². The van der Waals surface area contributed by atoms with Crippen molar-refractivity contribution in [2.24, 2.45) is 0 Å². The largest absolute Gasteiger partial charge is 0.286 e. The Labute approximate surface area is 76.6 Å². The van der Waals surface area contributed by atoms with Crippen LogP contribution in [0.2, 0.25) is 0 Å². The molecule has 1 aliphatic heterocycles. The van der Waals surface area contributed by atoms with Gasteiger partial charge in [0.15, 0.2) is 0 Å². The molecule has 0 aliphatic carbocycles. The summed E-state index contributed by atoms with van der Waals surface area (Å²) in [5.74, 6) is 0.104. The van der Waals surface area contributed by atoms with Crippen LogP contribution in [0.3, 0.4) is 0 Å². The Morgan fingerprint density at radius 3 is 2.83 bits per heavy atom. The summed E-state index contributed by atoms with van der Waals surface area (Å²) in [5.41, 5.74) is 0. The molecular weight excluding hydrogens is 174 g/mol. The average Bonchev–Trinajstić information content (AvgIpc) is 2.16. The third-order valence-corrected chi connectivity index (χ3v) is 2.63. The molecule has 0 atom stereocenters. The molecule has 1 heterocycles. The summed E-state index contributed by atoms with van der Waals surface area (Å²) in [5, 5.41) is -0.00903. The van der Waals surface area contributed by atoms with E-state index in [9.17, 15) is 9.59 Å². The van der Waals surface area contributed by atoms with Gasteiger partial charge in [-0.05, 0) is 12.8 Å². The van der Waals surface area contributed by atoms with Crippen LogP contribution in [0.15, 0.2) is 0 Å². The molecule has 0 bridgehead atoms. The van der Waals surface area contributed by atoms with Crippen LogP contribution in [0.25, 0.3) is 0 Å². The molecule has 12 heavy (non-hydrogen) atoms. The summed E-state index contributed by atoms with van der Waals surface area (Å²) < 4.78 is 1.59. The number of rotatable bonds is 1. The van der Waals surface area contributed by atoms with Crippen molar-refractivity contribution in [2.45, 2.75) is 32.6 Å². The normalized spacial score (nSPS) is 19.1. The minimum absolute atomic E-state index is 0.00903. The van der Waals surface area contributed by atoms with E-state index in [2.05, 4.69) is 0 Å². The first-order valence-corrected chi connectivity index (χ1v) is 4.96. The van der Waals surface area contributed by atoms with Crippen LogP contribution in [0.4, 0.5) is 0 Å². The van der Waals surface area contributed by atoms with Gasteiger partial charge >= 0.3 is 0 Å². The first kappa shape index (κ1) is 9.58. The van der Waals surface area contributed by atoms with E-state index >= 15 is 0 Å². The summed E-state index contributed by atoms with van der Waals surface area (Å²) in [6.45, 7) is 2.21. The molecular formula is C8H13NO2S. The van der Waals surface area contributed by atoms with Gasteiger partial charge in [0.05, 0.1) is 0 Å². The van der Waals surface area contributed by atoms with Crippen LogP contribution in [0.5, 0.6) is 0 Å². The van der Waals surface area contributed by atoms with Gasteiger partial charge in [0.1, 0.15) is 0 Å². The number of carbonyl (C=O) groups excluding carboxylic acids is 2. The molecule has 1 rings (SSSR count). The zero-order valence-electron chi connectivity index (χ0n) is 7.21. The van der Waals surface area contributed by atoms with Crippen molar-refractivity contribution in [2.75, 3.05) is 6.54 Å². The van der Waals surface area contributed by atoms with Crippen LogP contribution in [-0.4, -0.2) is 21.9 Å². The molecule has 68 valence electrons. The molecule has 0 aromatic carbocycles. The number of amides is 1. The number of hydrogen-bond acceptors (Lipinski definition) is 3. The predicted octanol–water partition coefficient (Wildman–Crippen LogP) is 1.58. The zero-order chi connectivity index (χ0) is 8.97. The Kier molecular flexibility index (Phi) is 3.59. The molecule has 0 saturated carbocycles. The monoisotopic (exact) mass is 187 g/mol. The van der Waals surface area contributed by atoms with Gasteiger partial charge < -0.3 is 0 Å². The molecule has 0 unspecified atom stereocenters. The number of hydrogen-bond donors (Lipinski definition) is 0. The van der Waals surface area contributed by atoms with Gasteiger partial charge in [-0.3, -0.25) is 13.9 Å². The second-order valence-corrected chi connectivity index (χ2v) is 4.09. The maximum atomic E-state index is 11.3. The van der Waals surface area contributed by atoms with Crippen molar-refractivity contribution in [1.82, 2.24) is 4.31 Å². The average molecular weight is 187 g/mol. The van der Waals surface area contributed by atoms with Crippen LogP contribution in [0.1, 0.15) is 32.6 Å². The predicted molar refractivity (Wildman–Crippen MR) is 48.5 cm³/mol. The van der Waals surface area contributed by atoms with E-state index in [1.807, 2.05) is 0 Å². The fourth-order valence-electron chi connectivity index (χ4n) is 1.21. The van der Waals surface area contributed by atoms with E-state index in [1.165, 1.54) is 6.92 Å². The second kappa shape index (κ2) is 4.50. The molecule has 0 aromatic heterocycles. The highest BCUT2D eigenvalue weighted by Gasteiger charge is 2.18.